The first-order valence-corrected chi connectivity index (χ1v) is 7.53. The Labute approximate surface area is 125 Å². The molecule has 0 bridgehead atoms. The quantitative estimate of drug-likeness (QED) is 0.753. The van der Waals surface area contributed by atoms with Crippen LogP contribution in [0.3, 0.4) is 0 Å². The molecule has 0 radical (unpaired) electrons. The molecule has 5 heteroatoms. The molecule has 2 atom stereocenters. The molecule has 4 nitrogen and oxygen atoms in total. The van der Waals surface area contributed by atoms with Gasteiger partial charge in [0.05, 0.1) is 12.7 Å². The van der Waals surface area contributed by atoms with Crippen LogP contribution in [0.5, 0.6) is 0 Å². The SMILES string of the molecule is COCCNCc1cc(F)ccc1N1CCC(C(C)O)C1. The summed E-state index contributed by atoms with van der Waals surface area (Å²) in [7, 11) is 1.66. The first-order valence-electron chi connectivity index (χ1n) is 7.53. The Morgan fingerprint density at radius 2 is 2.33 bits per heavy atom. The lowest BCUT2D eigenvalue weighted by Gasteiger charge is -2.23. The number of ether oxygens (including phenoxy) is 1. The fraction of sp³-hybridized carbons (Fsp3) is 0.625. The number of nitrogens with zero attached hydrogens (tertiary/aromatic N) is 1. The fourth-order valence-corrected chi connectivity index (χ4v) is 2.80. The molecule has 2 N–H and O–H groups in total. The van der Waals surface area contributed by atoms with Gasteiger partial charge in [-0.2, -0.15) is 0 Å². The van der Waals surface area contributed by atoms with Crippen molar-refractivity contribution in [3.63, 3.8) is 0 Å². The van der Waals surface area contributed by atoms with Crippen molar-refractivity contribution in [3.8, 4) is 0 Å². The minimum absolute atomic E-state index is 0.214. The number of methoxy groups -OCH3 is 1. The van der Waals surface area contributed by atoms with Crippen LogP contribution < -0.4 is 10.2 Å². The van der Waals surface area contributed by atoms with Gasteiger partial charge in [0, 0.05) is 44.9 Å². The Kier molecular flexibility index (Phi) is 5.96. The second kappa shape index (κ2) is 7.73. The number of anilines is 1. The van der Waals surface area contributed by atoms with Crippen molar-refractivity contribution in [1.82, 2.24) is 5.32 Å². The maximum absolute atomic E-state index is 13.5. The molecular formula is C16H25FN2O2. The first-order chi connectivity index (χ1) is 10.1. The van der Waals surface area contributed by atoms with Gasteiger partial charge in [0.2, 0.25) is 0 Å². The molecule has 0 amide bonds. The summed E-state index contributed by atoms with van der Waals surface area (Å²) in [5.41, 5.74) is 2.02. The summed E-state index contributed by atoms with van der Waals surface area (Å²) in [6.07, 6.45) is 0.685. The van der Waals surface area contributed by atoms with Crippen LogP contribution in [0.25, 0.3) is 0 Å². The lowest BCUT2D eigenvalue weighted by atomic mass is 10.0. The largest absolute Gasteiger partial charge is 0.393 e. The Hall–Kier alpha value is -1.17. The highest BCUT2D eigenvalue weighted by molar-refractivity contribution is 5.54. The Bertz CT molecular complexity index is 454. The predicted octanol–water partition coefficient (Wildman–Crippen LogP) is 1.77. The third-order valence-electron chi connectivity index (χ3n) is 4.09. The van der Waals surface area contributed by atoms with Gasteiger partial charge in [-0.15, -0.1) is 0 Å². The van der Waals surface area contributed by atoms with Crippen LogP contribution >= 0.6 is 0 Å². The molecule has 1 heterocycles. The van der Waals surface area contributed by atoms with Crippen LogP contribution in [-0.4, -0.2) is 44.6 Å². The van der Waals surface area contributed by atoms with E-state index in [1.165, 1.54) is 6.07 Å². The van der Waals surface area contributed by atoms with E-state index in [-0.39, 0.29) is 11.9 Å². The number of aliphatic hydroxyl groups excluding tert-OH is 1. The zero-order valence-corrected chi connectivity index (χ0v) is 12.8. The predicted molar refractivity (Wildman–Crippen MR) is 82.0 cm³/mol. The molecule has 0 aliphatic carbocycles. The number of nitrogens with one attached hydrogen (secondary N) is 1. The minimum Gasteiger partial charge on any atom is -0.393 e. The standard InChI is InChI=1S/C16H25FN2O2/c1-12(20)13-5-7-19(11-13)16-4-3-15(17)9-14(16)10-18-6-8-21-2/h3-4,9,12-13,18,20H,5-8,10-11H2,1-2H3. The summed E-state index contributed by atoms with van der Waals surface area (Å²) >= 11 is 0. The molecule has 2 rings (SSSR count). The summed E-state index contributed by atoms with van der Waals surface area (Å²) < 4.78 is 18.5. The molecule has 1 fully saturated rings. The van der Waals surface area contributed by atoms with Gasteiger partial charge in [-0.05, 0) is 37.1 Å². The first kappa shape index (κ1) is 16.2. The van der Waals surface area contributed by atoms with E-state index in [0.717, 1.165) is 37.3 Å². The summed E-state index contributed by atoms with van der Waals surface area (Å²) in [6, 6.07) is 4.93. The zero-order chi connectivity index (χ0) is 15.2. The van der Waals surface area contributed by atoms with Crippen LogP contribution in [0.4, 0.5) is 10.1 Å². The van der Waals surface area contributed by atoms with Gasteiger partial charge in [0.15, 0.2) is 0 Å². The Morgan fingerprint density at radius 3 is 3.00 bits per heavy atom. The van der Waals surface area contributed by atoms with Crippen molar-refractivity contribution >= 4 is 5.69 Å². The second-order valence-electron chi connectivity index (χ2n) is 5.68. The number of aliphatic hydroxyl groups is 1. The van der Waals surface area contributed by atoms with Crippen molar-refractivity contribution in [2.24, 2.45) is 5.92 Å². The Morgan fingerprint density at radius 1 is 1.52 bits per heavy atom. The van der Waals surface area contributed by atoms with Crippen LogP contribution in [0.1, 0.15) is 18.9 Å². The third-order valence-corrected chi connectivity index (χ3v) is 4.09. The average molecular weight is 296 g/mol. The highest BCUT2D eigenvalue weighted by Gasteiger charge is 2.27. The van der Waals surface area contributed by atoms with Gasteiger partial charge in [0.25, 0.3) is 0 Å². The molecule has 1 aromatic carbocycles. The lowest BCUT2D eigenvalue weighted by molar-refractivity contribution is 0.136. The highest BCUT2D eigenvalue weighted by Crippen LogP contribution is 2.29. The number of hydrogen-bond acceptors (Lipinski definition) is 4. The van der Waals surface area contributed by atoms with Gasteiger partial charge >= 0.3 is 0 Å². The molecule has 1 aliphatic rings. The van der Waals surface area contributed by atoms with Gasteiger partial charge in [-0.3, -0.25) is 0 Å². The van der Waals surface area contributed by atoms with E-state index in [9.17, 15) is 9.50 Å². The van der Waals surface area contributed by atoms with E-state index in [1.54, 1.807) is 13.2 Å². The van der Waals surface area contributed by atoms with Crippen LogP contribution in [0.2, 0.25) is 0 Å². The van der Waals surface area contributed by atoms with Gasteiger partial charge in [-0.1, -0.05) is 0 Å². The highest BCUT2D eigenvalue weighted by atomic mass is 19.1. The molecule has 21 heavy (non-hydrogen) atoms. The number of halogens is 1. The zero-order valence-electron chi connectivity index (χ0n) is 12.8. The van der Waals surface area contributed by atoms with Crippen LogP contribution in [-0.2, 0) is 11.3 Å². The van der Waals surface area contributed by atoms with Crippen molar-refractivity contribution < 1.29 is 14.2 Å². The Balaban J connectivity index is 2.04. The van der Waals surface area contributed by atoms with E-state index in [0.29, 0.717) is 19.1 Å². The summed E-state index contributed by atoms with van der Waals surface area (Å²) in [5, 5.41) is 13.0. The van der Waals surface area contributed by atoms with Crippen molar-refractivity contribution in [1.29, 1.82) is 0 Å². The summed E-state index contributed by atoms with van der Waals surface area (Å²) in [6.45, 7) is 5.57. The third kappa shape index (κ3) is 4.40. The number of rotatable bonds is 7. The van der Waals surface area contributed by atoms with Crippen molar-refractivity contribution in [2.75, 3.05) is 38.3 Å². The number of benzene rings is 1. The molecule has 0 spiro atoms. The molecular weight excluding hydrogens is 271 g/mol. The normalized spacial score (nSPS) is 20.0. The topological polar surface area (TPSA) is 44.7 Å². The van der Waals surface area contributed by atoms with E-state index in [4.69, 9.17) is 4.74 Å². The number of hydrogen-bond donors (Lipinski definition) is 2. The lowest BCUT2D eigenvalue weighted by Crippen LogP contribution is -2.26. The summed E-state index contributed by atoms with van der Waals surface area (Å²) in [5.74, 6) is 0.0814. The van der Waals surface area contributed by atoms with Crippen molar-refractivity contribution in [3.05, 3.63) is 29.6 Å². The molecule has 1 aromatic rings. The van der Waals surface area contributed by atoms with Crippen LogP contribution in [0.15, 0.2) is 18.2 Å². The van der Waals surface area contributed by atoms with E-state index >= 15 is 0 Å². The van der Waals surface area contributed by atoms with E-state index < -0.39 is 0 Å². The fourth-order valence-electron chi connectivity index (χ4n) is 2.80. The van der Waals surface area contributed by atoms with E-state index in [1.807, 2.05) is 13.0 Å². The molecule has 2 unspecified atom stereocenters. The summed E-state index contributed by atoms with van der Waals surface area (Å²) in [4.78, 5) is 2.24. The smallest absolute Gasteiger partial charge is 0.123 e. The maximum atomic E-state index is 13.5. The van der Waals surface area contributed by atoms with Gasteiger partial charge in [-0.25, -0.2) is 4.39 Å². The molecule has 118 valence electrons. The molecule has 1 saturated heterocycles. The molecule has 0 saturated carbocycles. The van der Waals surface area contributed by atoms with Gasteiger partial charge in [0.1, 0.15) is 5.82 Å². The minimum atomic E-state index is -0.293. The average Bonchev–Trinajstić information content (AvgIpc) is 2.93. The van der Waals surface area contributed by atoms with Crippen molar-refractivity contribution in [2.45, 2.75) is 26.0 Å². The molecule has 0 aromatic heterocycles. The monoisotopic (exact) mass is 296 g/mol. The molecule has 1 aliphatic heterocycles. The second-order valence-corrected chi connectivity index (χ2v) is 5.68. The van der Waals surface area contributed by atoms with Gasteiger partial charge < -0.3 is 20.1 Å². The van der Waals surface area contributed by atoms with Crippen LogP contribution in [0, 0.1) is 11.7 Å². The van der Waals surface area contributed by atoms with E-state index in [2.05, 4.69) is 10.2 Å². The maximum Gasteiger partial charge on any atom is 0.123 e.